The summed E-state index contributed by atoms with van der Waals surface area (Å²) < 4.78 is 0. The summed E-state index contributed by atoms with van der Waals surface area (Å²) in [6, 6.07) is 0. The summed E-state index contributed by atoms with van der Waals surface area (Å²) >= 11 is 0. The summed E-state index contributed by atoms with van der Waals surface area (Å²) in [6.45, 7) is 9.47. The van der Waals surface area contributed by atoms with Crippen LogP contribution < -0.4 is 0 Å². The third-order valence-corrected chi connectivity index (χ3v) is 2.34. The Morgan fingerprint density at radius 3 is 2.40 bits per heavy atom. The molecule has 0 aromatic carbocycles. The first-order valence-corrected chi connectivity index (χ1v) is 5.20. The van der Waals surface area contributed by atoms with Crippen LogP contribution in [-0.2, 0) is 4.79 Å². The van der Waals surface area contributed by atoms with Crippen molar-refractivity contribution in [3.63, 3.8) is 0 Å². The minimum atomic E-state index is -0.738. The second kappa shape index (κ2) is 7.04. The molecule has 0 aliphatic rings. The van der Waals surface area contributed by atoms with Gasteiger partial charge in [0.1, 0.15) is 0 Å². The molecule has 0 saturated carbocycles. The van der Waals surface area contributed by atoms with Crippen LogP contribution in [0.25, 0.3) is 0 Å². The molecular weight excluding hydrogens is 188 g/mol. The van der Waals surface area contributed by atoms with Gasteiger partial charge in [-0.3, -0.25) is 4.79 Å². The van der Waals surface area contributed by atoms with E-state index in [1.165, 1.54) is 0 Å². The fraction of sp³-hybridized carbons (Fsp3) is 0.462. The van der Waals surface area contributed by atoms with Gasteiger partial charge < -0.3 is 5.11 Å². The summed E-state index contributed by atoms with van der Waals surface area (Å²) in [4.78, 5) is 11.0. The van der Waals surface area contributed by atoms with Crippen molar-refractivity contribution in [3.05, 3.63) is 36.5 Å². The Hall–Kier alpha value is -1.31. The molecule has 1 atom stereocenters. The molecule has 84 valence electrons. The molecule has 15 heavy (non-hydrogen) atoms. The second-order valence-electron chi connectivity index (χ2n) is 3.86. The van der Waals surface area contributed by atoms with Crippen molar-refractivity contribution >= 4 is 5.97 Å². The Balaban J connectivity index is 4.63. The zero-order chi connectivity index (χ0) is 11.8. The maximum absolute atomic E-state index is 11.0. The molecule has 0 bridgehead atoms. The molecule has 0 radical (unpaired) electrons. The highest BCUT2D eigenvalue weighted by molar-refractivity contribution is 5.70. The lowest BCUT2D eigenvalue weighted by Crippen LogP contribution is -2.20. The van der Waals surface area contributed by atoms with Crippen molar-refractivity contribution in [3.8, 4) is 0 Å². The minimum absolute atomic E-state index is 0.136. The van der Waals surface area contributed by atoms with Crippen molar-refractivity contribution in [2.45, 2.75) is 27.2 Å². The Morgan fingerprint density at radius 2 is 2.07 bits per heavy atom. The van der Waals surface area contributed by atoms with Crippen molar-refractivity contribution in [2.75, 3.05) is 0 Å². The largest absolute Gasteiger partial charge is 0.481 e. The lowest BCUT2D eigenvalue weighted by atomic mass is 9.89. The van der Waals surface area contributed by atoms with Crippen LogP contribution >= 0.6 is 0 Å². The van der Waals surface area contributed by atoms with Crippen molar-refractivity contribution in [2.24, 2.45) is 11.8 Å². The highest BCUT2D eigenvalue weighted by Gasteiger charge is 2.21. The first-order valence-electron chi connectivity index (χ1n) is 5.20. The lowest BCUT2D eigenvalue weighted by molar-refractivity contribution is -0.143. The van der Waals surface area contributed by atoms with E-state index in [1.807, 2.05) is 39.0 Å². The van der Waals surface area contributed by atoms with Gasteiger partial charge in [0.05, 0.1) is 5.92 Å². The number of aliphatic carboxylic acids is 1. The van der Waals surface area contributed by atoms with Crippen molar-refractivity contribution in [1.82, 2.24) is 0 Å². The molecule has 2 nitrogen and oxygen atoms in total. The van der Waals surface area contributed by atoms with Gasteiger partial charge in [-0.15, -0.1) is 0 Å². The third kappa shape index (κ3) is 5.21. The maximum atomic E-state index is 11.0. The summed E-state index contributed by atoms with van der Waals surface area (Å²) in [5.74, 6) is -0.936. The van der Waals surface area contributed by atoms with Gasteiger partial charge in [0.25, 0.3) is 0 Å². The summed E-state index contributed by atoms with van der Waals surface area (Å²) in [5, 5.41) is 9.03. The fourth-order valence-electron chi connectivity index (χ4n) is 1.30. The quantitative estimate of drug-likeness (QED) is 0.679. The summed E-state index contributed by atoms with van der Waals surface area (Å²) in [7, 11) is 0. The van der Waals surface area contributed by atoms with Gasteiger partial charge in [0, 0.05) is 0 Å². The average molecular weight is 208 g/mol. The molecule has 0 rings (SSSR count). The molecule has 0 heterocycles. The Morgan fingerprint density at radius 1 is 1.47 bits per heavy atom. The predicted molar refractivity (Wildman–Crippen MR) is 63.7 cm³/mol. The van der Waals surface area contributed by atoms with E-state index < -0.39 is 5.97 Å². The van der Waals surface area contributed by atoms with Gasteiger partial charge in [0.15, 0.2) is 0 Å². The van der Waals surface area contributed by atoms with E-state index in [-0.39, 0.29) is 11.8 Å². The van der Waals surface area contributed by atoms with Gasteiger partial charge in [-0.2, -0.15) is 0 Å². The maximum Gasteiger partial charge on any atom is 0.307 e. The first kappa shape index (κ1) is 13.7. The van der Waals surface area contributed by atoms with Crippen molar-refractivity contribution < 1.29 is 9.90 Å². The molecule has 1 unspecified atom stereocenters. The number of allylic oxidation sites excluding steroid dienone is 5. The number of carbonyl (C=O) groups is 1. The Labute approximate surface area is 92.0 Å². The number of carboxylic acids is 1. The van der Waals surface area contributed by atoms with Crippen LogP contribution in [0.2, 0.25) is 0 Å². The van der Waals surface area contributed by atoms with Crippen LogP contribution in [0.5, 0.6) is 0 Å². The minimum Gasteiger partial charge on any atom is -0.481 e. The average Bonchev–Trinajstić information content (AvgIpc) is 2.17. The van der Waals surface area contributed by atoms with Crippen LogP contribution in [0.3, 0.4) is 0 Å². The summed E-state index contributed by atoms with van der Waals surface area (Å²) in [5.41, 5.74) is 0.967. The van der Waals surface area contributed by atoms with E-state index in [1.54, 1.807) is 6.08 Å². The first-order chi connectivity index (χ1) is 7.02. The monoisotopic (exact) mass is 208 g/mol. The lowest BCUT2D eigenvalue weighted by Gasteiger charge is -2.16. The van der Waals surface area contributed by atoms with Crippen LogP contribution in [0.4, 0.5) is 0 Å². The number of rotatable bonds is 6. The van der Waals surface area contributed by atoms with E-state index in [2.05, 4.69) is 6.58 Å². The van der Waals surface area contributed by atoms with Crippen LogP contribution in [0.1, 0.15) is 27.2 Å². The number of carboxylic acid groups (broad SMARTS) is 1. The van der Waals surface area contributed by atoms with Gasteiger partial charge >= 0.3 is 5.97 Å². The van der Waals surface area contributed by atoms with E-state index >= 15 is 0 Å². The van der Waals surface area contributed by atoms with E-state index in [0.29, 0.717) is 6.42 Å². The van der Waals surface area contributed by atoms with Gasteiger partial charge in [-0.25, -0.2) is 0 Å². The molecule has 0 spiro atoms. The van der Waals surface area contributed by atoms with Gasteiger partial charge in [0.2, 0.25) is 0 Å². The van der Waals surface area contributed by atoms with E-state index in [9.17, 15) is 4.79 Å². The normalized spacial score (nSPS) is 14.5. The molecule has 1 N–H and O–H groups in total. The van der Waals surface area contributed by atoms with Gasteiger partial charge in [-0.05, 0) is 24.8 Å². The molecule has 0 aliphatic carbocycles. The highest BCUT2D eigenvalue weighted by Crippen LogP contribution is 2.21. The smallest absolute Gasteiger partial charge is 0.307 e. The van der Waals surface area contributed by atoms with Crippen molar-refractivity contribution in [1.29, 1.82) is 0 Å². The van der Waals surface area contributed by atoms with E-state index in [0.717, 1.165) is 5.57 Å². The second-order valence-corrected chi connectivity index (χ2v) is 3.86. The molecule has 0 aromatic heterocycles. The van der Waals surface area contributed by atoms with Crippen LogP contribution in [-0.4, -0.2) is 11.1 Å². The zero-order valence-corrected chi connectivity index (χ0v) is 9.73. The highest BCUT2D eigenvalue weighted by atomic mass is 16.4. The Bertz CT molecular complexity index is 272. The predicted octanol–water partition coefficient (Wildman–Crippen LogP) is 3.42. The molecule has 0 aromatic rings. The molecule has 0 aliphatic heterocycles. The Kier molecular flexibility index (Phi) is 6.43. The topological polar surface area (TPSA) is 37.3 Å². The van der Waals surface area contributed by atoms with E-state index in [4.69, 9.17) is 5.11 Å². The standard InChI is InChI=1S/C13H20O2/c1-5-7-8-11(6-2)9-12(10(3)4)13(14)15/h5-8,10,12H,2,9H2,1,3-4H3,(H,14,15)/b7-5-,11-8+. The molecular formula is C13H20O2. The van der Waals surface area contributed by atoms with Crippen LogP contribution in [0, 0.1) is 11.8 Å². The number of hydrogen-bond acceptors (Lipinski definition) is 1. The molecule has 0 saturated heterocycles. The SMILES string of the molecule is C=C/C(=C\C=C/C)CC(C(=O)O)C(C)C. The van der Waals surface area contributed by atoms with Gasteiger partial charge in [-0.1, -0.05) is 44.7 Å². The molecule has 0 amide bonds. The fourth-order valence-corrected chi connectivity index (χ4v) is 1.30. The van der Waals surface area contributed by atoms with Crippen LogP contribution in [0.15, 0.2) is 36.5 Å². The molecule has 0 fully saturated rings. The zero-order valence-electron chi connectivity index (χ0n) is 9.73. The third-order valence-electron chi connectivity index (χ3n) is 2.34. The summed E-state index contributed by atoms with van der Waals surface area (Å²) in [6.07, 6.45) is 7.98. The molecule has 2 heteroatoms. The number of hydrogen-bond donors (Lipinski definition) is 1.